The van der Waals surface area contributed by atoms with E-state index in [4.69, 9.17) is 0 Å². The number of hydrogen-bond donors (Lipinski definition) is 2. The Labute approximate surface area is 130 Å². The van der Waals surface area contributed by atoms with Gasteiger partial charge in [-0.1, -0.05) is 24.3 Å². The van der Waals surface area contributed by atoms with Crippen LogP contribution in [0.4, 0.5) is 10.1 Å². The lowest BCUT2D eigenvalue weighted by Gasteiger charge is -2.25. The maximum absolute atomic E-state index is 13.2. The van der Waals surface area contributed by atoms with Gasteiger partial charge in [-0.2, -0.15) is 0 Å². The SMILES string of the molecule is O=C(Nc1ccc(F)c(Br)c1)C1CNCc2ccccc21. The Morgan fingerprint density at radius 2 is 2.10 bits per heavy atom. The summed E-state index contributed by atoms with van der Waals surface area (Å²) in [7, 11) is 0. The first kappa shape index (κ1) is 14.2. The molecule has 0 fully saturated rings. The lowest BCUT2D eigenvalue weighted by Crippen LogP contribution is -2.35. The van der Waals surface area contributed by atoms with Crippen molar-refractivity contribution in [2.75, 3.05) is 11.9 Å². The van der Waals surface area contributed by atoms with E-state index in [2.05, 4.69) is 26.6 Å². The van der Waals surface area contributed by atoms with Gasteiger partial charge in [0.05, 0.1) is 10.4 Å². The summed E-state index contributed by atoms with van der Waals surface area (Å²) in [6, 6.07) is 12.4. The maximum atomic E-state index is 13.2. The highest BCUT2D eigenvalue weighted by atomic mass is 79.9. The van der Waals surface area contributed by atoms with Crippen molar-refractivity contribution >= 4 is 27.5 Å². The van der Waals surface area contributed by atoms with E-state index >= 15 is 0 Å². The molecule has 3 nitrogen and oxygen atoms in total. The van der Waals surface area contributed by atoms with E-state index in [1.54, 1.807) is 12.1 Å². The van der Waals surface area contributed by atoms with Gasteiger partial charge in [-0.05, 0) is 45.3 Å². The molecular weight excluding hydrogens is 335 g/mol. The average Bonchev–Trinajstić information content (AvgIpc) is 2.50. The fourth-order valence-corrected chi connectivity index (χ4v) is 2.91. The Morgan fingerprint density at radius 1 is 1.29 bits per heavy atom. The average molecular weight is 349 g/mol. The fourth-order valence-electron chi connectivity index (χ4n) is 2.53. The standard InChI is InChI=1S/C16H14BrFN2O/c17-14-7-11(5-6-15(14)18)20-16(21)13-9-19-8-10-3-1-2-4-12(10)13/h1-7,13,19H,8-9H2,(H,20,21). The van der Waals surface area contributed by atoms with E-state index in [-0.39, 0.29) is 17.6 Å². The molecule has 5 heteroatoms. The maximum Gasteiger partial charge on any atom is 0.233 e. The molecule has 1 unspecified atom stereocenters. The molecule has 0 saturated heterocycles. The molecule has 2 aromatic rings. The van der Waals surface area contributed by atoms with Gasteiger partial charge < -0.3 is 10.6 Å². The minimum atomic E-state index is -0.349. The molecule has 0 spiro atoms. The Balaban J connectivity index is 1.81. The van der Waals surface area contributed by atoms with Crippen LogP contribution in [-0.4, -0.2) is 12.5 Å². The summed E-state index contributed by atoms with van der Waals surface area (Å²) in [4.78, 5) is 12.5. The van der Waals surface area contributed by atoms with E-state index in [9.17, 15) is 9.18 Å². The zero-order valence-electron chi connectivity index (χ0n) is 11.2. The van der Waals surface area contributed by atoms with Crippen molar-refractivity contribution in [3.8, 4) is 0 Å². The van der Waals surface area contributed by atoms with Gasteiger partial charge in [0.15, 0.2) is 0 Å². The Bertz CT molecular complexity index is 690. The van der Waals surface area contributed by atoms with E-state index < -0.39 is 0 Å². The molecule has 2 aromatic carbocycles. The second-order valence-electron chi connectivity index (χ2n) is 5.00. The van der Waals surface area contributed by atoms with Crippen molar-refractivity contribution in [1.82, 2.24) is 5.32 Å². The Hall–Kier alpha value is -1.72. The zero-order valence-corrected chi connectivity index (χ0v) is 12.8. The quantitative estimate of drug-likeness (QED) is 0.873. The lowest BCUT2D eigenvalue weighted by molar-refractivity contribution is -0.117. The van der Waals surface area contributed by atoms with Crippen LogP contribution in [0.25, 0.3) is 0 Å². The molecule has 0 aliphatic carbocycles. The number of rotatable bonds is 2. The molecule has 1 aliphatic heterocycles. The van der Waals surface area contributed by atoms with Gasteiger partial charge in [-0.15, -0.1) is 0 Å². The van der Waals surface area contributed by atoms with Crippen LogP contribution in [-0.2, 0) is 11.3 Å². The molecule has 1 amide bonds. The summed E-state index contributed by atoms with van der Waals surface area (Å²) in [5.74, 6) is -0.676. The molecule has 0 aromatic heterocycles. The number of nitrogens with one attached hydrogen (secondary N) is 2. The van der Waals surface area contributed by atoms with Crippen LogP contribution in [0.3, 0.4) is 0 Å². The molecule has 0 radical (unpaired) electrons. The fraction of sp³-hybridized carbons (Fsp3) is 0.188. The van der Waals surface area contributed by atoms with E-state index in [0.717, 1.165) is 17.7 Å². The first-order chi connectivity index (χ1) is 10.1. The third kappa shape index (κ3) is 2.99. The van der Waals surface area contributed by atoms with Gasteiger partial charge >= 0.3 is 0 Å². The summed E-state index contributed by atoms with van der Waals surface area (Å²) in [6.45, 7) is 1.38. The van der Waals surface area contributed by atoms with Crippen LogP contribution < -0.4 is 10.6 Å². The number of hydrogen-bond acceptors (Lipinski definition) is 2. The molecule has 1 aliphatic rings. The van der Waals surface area contributed by atoms with Crippen LogP contribution in [0.2, 0.25) is 0 Å². The third-order valence-corrected chi connectivity index (χ3v) is 4.21. The monoisotopic (exact) mass is 348 g/mol. The second-order valence-corrected chi connectivity index (χ2v) is 5.85. The molecule has 1 heterocycles. The number of anilines is 1. The molecule has 1 atom stereocenters. The zero-order chi connectivity index (χ0) is 14.8. The van der Waals surface area contributed by atoms with Crippen molar-refractivity contribution in [2.45, 2.75) is 12.5 Å². The Kier molecular flexibility index (Phi) is 4.03. The van der Waals surface area contributed by atoms with Gasteiger partial charge in [0.25, 0.3) is 0 Å². The third-order valence-electron chi connectivity index (χ3n) is 3.60. The summed E-state index contributed by atoms with van der Waals surface area (Å²) >= 11 is 3.12. The first-order valence-electron chi connectivity index (χ1n) is 6.69. The van der Waals surface area contributed by atoms with E-state index in [0.29, 0.717) is 16.7 Å². The number of fused-ring (bicyclic) bond motifs is 1. The molecule has 3 rings (SSSR count). The predicted molar refractivity (Wildman–Crippen MR) is 83.6 cm³/mol. The van der Waals surface area contributed by atoms with Crippen LogP contribution >= 0.6 is 15.9 Å². The molecular formula is C16H14BrFN2O. The summed E-state index contributed by atoms with van der Waals surface area (Å²) in [5, 5.41) is 6.09. The number of halogens is 2. The van der Waals surface area contributed by atoms with Crippen molar-refractivity contribution in [2.24, 2.45) is 0 Å². The number of amides is 1. The van der Waals surface area contributed by atoms with Crippen molar-refractivity contribution < 1.29 is 9.18 Å². The summed E-state index contributed by atoms with van der Waals surface area (Å²) in [5.41, 5.74) is 2.77. The minimum absolute atomic E-state index is 0.0897. The first-order valence-corrected chi connectivity index (χ1v) is 7.49. The van der Waals surface area contributed by atoms with Crippen molar-refractivity contribution in [3.63, 3.8) is 0 Å². The summed E-state index contributed by atoms with van der Waals surface area (Å²) in [6.07, 6.45) is 0. The van der Waals surface area contributed by atoms with Gasteiger partial charge in [-0.3, -0.25) is 4.79 Å². The van der Waals surface area contributed by atoms with E-state index in [1.165, 1.54) is 6.07 Å². The molecule has 21 heavy (non-hydrogen) atoms. The van der Waals surface area contributed by atoms with Crippen LogP contribution in [0.15, 0.2) is 46.9 Å². The van der Waals surface area contributed by atoms with Gasteiger partial charge in [0.1, 0.15) is 5.82 Å². The lowest BCUT2D eigenvalue weighted by atomic mass is 9.90. The molecule has 108 valence electrons. The van der Waals surface area contributed by atoms with Crippen molar-refractivity contribution in [1.29, 1.82) is 0 Å². The van der Waals surface area contributed by atoms with Gasteiger partial charge in [-0.25, -0.2) is 4.39 Å². The largest absolute Gasteiger partial charge is 0.325 e. The summed E-state index contributed by atoms with van der Waals surface area (Å²) < 4.78 is 13.6. The topological polar surface area (TPSA) is 41.1 Å². The van der Waals surface area contributed by atoms with Crippen molar-refractivity contribution in [3.05, 3.63) is 63.9 Å². The molecule has 0 bridgehead atoms. The normalized spacial score (nSPS) is 17.1. The number of carbonyl (C=O) groups is 1. The van der Waals surface area contributed by atoms with Crippen LogP contribution in [0.5, 0.6) is 0 Å². The van der Waals surface area contributed by atoms with Gasteiger partial charge in [0.2, 0.25) is 5.91 Å². The highest BCUT2D eigenvalue weighted by Crippen LogP contribution is 2.26. The Morgan fingerprint density at radius 3 is 2.90 bits per heavy atom. The second kappa shape index (κ2) is 5.95. The predicted octanol–water partition coefficient (Wildman–Crippen LogP) is 3.41. The highest BCUT2D eigenvalue weighted by molar-refractivity contribution is 9.10. The number of carbonyl (C=O) groups excluding carboxylic acids is 1. The molecule has 0 saturated carbocycles. The van der Waals surface area contributed by atoms with Gasteiger partial charge in [0, 0.05) is 18.8 Å². The minimum Gasteiger partial charge on any atom is -0.325 e. The van der Waals surface area contributed by atoms with Crippen LogP contribution in [0.1, 0.15) is 17.0 Å². The highest BCUT2D eigenvalue weighted by Gasteiger charge is 2.26. The smallest absolute Gasteiger partial charge is 0.233 e. The van der Waals surface area contributed by atoms with E-state index in [1.807, 2.05) is 24.3 Å². The van der Waals surface area contributed by atoms with Crippen LogP contribution in [0, 0.1) is 5.82 Å². The molecule has 2 N–H and O–H groups in total. The number of benzene rings is 2.